The van der Waals surface area contributed by atoms with Crippen LogP contribution < -0.4 is 4.90 Å². The zero-order valence-corrected chi connectivity index (χ0v) is 10.8. The van der Waals surface area contributed by atoms with Crippen LogP contribution in [0.3, 0.4) is 0 Å². The summed E-state index contributed by atoms with van der Waals surface area (Å²) in [5.41, 5.74) is 0.549. The molecule has 2 aliphatic heterocycles. The van der Waals surface area contributed by atoms with E-state index in [9.17, 15) is 9.90 Å². The van der Waals surface area contributed by atoms with Crippen molar-refractivity contribution in [1.29, 1.82) is 0 Å². The van der Waals surface area contributed by atoms with Crippen molar-refractivity contribution in [2.24, 2.45) is 0 Å². The Morgan fingerprint density at radius 2 is 2.06 bits per heavy atom. The number of nitrogens with zero attached hydrogens (tertiary/aromatic N) is 1. The van der Waals surface area contributed by atoms with E-state index in [0.29, 0.717) is 6.54 Å². The van der Waals surface area contributed by atoms with Gasteiger partial charge in [0.15, 0.2) is 0 Å². The average molecular weight is 265 g/mol. The molecule has 1 atom stereocenters. The second kappa shape index (κ2) is 4.39. The van der Waals surface area contributed by atoms with Crippen LogP contribution in [-0.2, 0) is 4.74 Å². The van der Waals surface area contributed by atoms with E-state index >= 15 is 0 Å². The van der Waals surface area contributed by atoms with Crippen molar-refractivity contribution >= 4 is 23.5 Å². The van der Waals surface area contributed by atoms with Gasteiger partial charge < -0.3 is 9.84 Å². The Balaban J connectivity index is 1.76. The third kappa shape index (κ3) is 2.03. The van der Waals surface area contributed by atoms with Crippen LogP contribution in [0.15, 0.2) is 24.3 Å². The number of rotatable bonds is 1. The highest BCUT2D eigenvalue weighted by Crippen LogP contribution is 2.38. The fourth-order valence-corrected chi connectivity index (χ4v) is 3.81. The second-order valence-electron chi connectivity index (χ2n) is 4.77. The fraction of sp³-hybridized carbons (Fsp3) is 0.462. The molecule has 1 amide bonds. The molecule has 2 aliphatic rings. The third-order valence-corrected chi connectivity index (χ3v) is 4.77. The van der Waals surface area contributed by atoms with Gasteiger partial charge in [0.25, 0.3) is 0 Å². The Morgan fingerprint density at radius 3 is 2.67 bits per heavy atom. The summed E-state index contributed by atoms with van der Waals surface area (Å²) in [6.45, 7) is 0.685. The molecule has 1 spiro atoms. The quantitative estimate of drug-likeness (QED) is 0.848. The minimum atomic E-state index is -0.269. The SMILES string of the molecule is O=C1OC2(CCSC2)CCN1c1ccc(O)cc1. The molecule has 2 heterocycles. The van der Waals surface area contributed by atoms with Crippen LogP contribution in [0.25, 0.3) is 0 Å². The first-order chi connectivity index (χ1) is 8.69. The van der Waals surface area contributed by atoms with Gasteiger partial charge in [-0.2, -0.15) is 11.8 Å². The van der Waals surface area contributed by atoms with Crippen molar-refractivity contribution < 1.29 is 14.6 Å². The Morgan fingerprint density at radius 1 is 1.28 bits per heavy atom. The minimum Gasteiger partial charge on any atom is -0.508 e. The molecule has 2 fully saturated rings. The first kappa shape index (κ1) is 11.7. The van der Waals surface area contributed by atoms with Gasteiger partial charge in [0.05, 0.1) is 0 Å². The minimum absolute atomic E-state index is 0.202. The number of carbonyl (C=O) groups is 1. The summed E-state index contributed by atoms with van der Waals surface area (Å²) in [5.74, 6) is 2.20. The highest BCUT2D eigenvalue weighted by atomic mass is 32.2. The number of phenolic OH excluding ortho intramolecular Hbond substituents is 1. The fourth-order valence-electron chi connectivity index (χ4n) is 2.43. The van der Waals surface area contributed by atoms with E-state index in [1.165, 1.54) is 0 Å². The molecule has 3 rings (SSSR count). The lowest BCUT2D eigenvalue weighted by Gasteiger charge is -2.38. The average Bonchev–Trinajstić information content (AvgIpc) is 2.79. The van der Waals surface area contributed by atoms with Gasteiger partial charge in [0.2, 0.25) is 0 Å². The van der Waals surface area contributed by atoms with Gasteiger partial charge in [0.1, 0.15) is 11.4 Å². The Kier molecular flexibility index (Phi) is 2.86. The standard InChI is InChI=1S/C13H15NO3S/c15-11-3-1-10(2-4-11)14-7-5-13(17-12(14)16)6-8-18-9-13/h1-4,15H,5-9H2. The Hall–Kier alpha value is -1.36. The number of phenols is 1. The Labute approximate surface area is 110 Å². The van der Waals surface area contributed by atoms with E-state index in [1.54, 1.807) is 29.2 Å². The van der Waals surface area contributed by atoms with E-state index < -0.39 is 0 Å². The highest BCUT2D eigenvalue weighted by Gasteiger charge is 2.43. The van der Waals surface area contributed by atoms with Crippen molar-refractivity contribution in [2.75, 3.05) is 23.0 Å². The predicted molar refractivity (Wildman–Crippen MR) is 71.2 cm³/mol. The van der Waals surface area contributed by atoms with Gasteiger partial charge in [-0.1, -0.05) is 0 Å². The summed E-state index contributed by atoms with van der Waals surface area (Å²) in [5, 5.41) is 9.25. The summed E-state index contributed by atoms with van der Waals surface area (Å²) < 4.78 is 5.64. The maximum Gasteiger partial charge on any atom is 0.414 e. The zero-order valence-electron chi connectivity index (χ0n) is 9.96. The number of carbonyl (C=O) groups excluding carboxylic acids is 1. The normalized spacial score (nSPS) is 27.6. The lowest BCUT2D eigenvalue weighted by Crippen LogP contribution is -2.49. The molecule has 0 aliphatic carbocycles. The van der Waals surface area contributed by atoms with Crippen LogP contribution in [0.5, 0.6) is 5.75 Å². The molecule has 2 saturated heterocycles. The number of thioether (sulfide) groups is 1. The predicted octanol–water partition coefficient (Wildman–Crippen LogP) is 2.61. The molecule has 0 aromatic heterocycles. The summed E-state index contributed by atoms with van der Waals surface area (Å²) in [6.07, 6.45) is 1.58. The molecule has 18 heavy (non-hydrogen) atoms. The maximum atomic E-state index is 12.1. The molecular weight excluding hydrogens is 250 g/mol. The number of aromatic hydroxyl groups is 1. The summed E-state index contributed by atoms with van der Waals surface area (Å²) in [4.78, 5) is 13.7. The van der Waals surface area contributed by atoms with E-state index in [-0.39, 0.29) is 17.4 Å². The highest BCUT2D eigenvalue weighted by molar-refractivity contribution is 7.99. The van der Waals surface area contributed by atoms with Gasteiger partial charge in [-0.25, -0.2) is 4.79 Å². The lowest BCUT2D eigenvalue weighted by molar-refractivity contribution is 0.0153. The molecule has 0 bridgehead atoms. The molecule has 0 saturated carbocycles. The van der Waals surface area contributed by atoms with Gasteiger partial charge >= 0.3 is 6.09 Å². The second-order valence-corrected chi connectivity index (χ2v) is 5.88. The van der Waals surface area contributed by atoms with Crippen LogP contribution >= 0.6 is 11.8 Å². The van der Waals surface area contributed by atoms with Crippen molar-refractivity contribution in [1.82, 2.24) is 0 Å². The number of anilines is 1. The van der Waals surface area contributed by atoms with E-state index in [1.807, 2.05) is 11.8 Å². The maximum absolute atomic E-state index is 12.1. The monoisotopic (exact) mass is 265 g/mol. The Bertz CT molecular complexity index is 454. The first-order valence-electron chi connectivity index (χ1n) is 6.06. The van der Waals surface area contributed by atoms with Crippen molar-refractivity contribution in [3.05, 3.63) is 24.3 Å². The van der Waals surface area contributed by atoms with Crippen LogP contribution in [-0.4, -0.2) is 34.9 Å². The van der Waals surface area contributed by atoms with Gasteiger partial charge in [-0.3, -0.25) is 4.90 Å². The topological polar surface area (TPSA) is 49.8 Å². The van der Waals surface area contributed by atoms with Crippen LogP contribution in [0.1, 0.15) is 12.8 Å². The molecule has 1 N–H and O–H groups in total. The van der Waals surface area contributed by atoms with Gasteiger partial charge in [0, 0.05) is 24.4 Å². The largest absolute Gasteiger partial charge is 0.508 e. The molecule has 5 heteroatoms. The molecule has 0 radical (unpaired) electrons. The van der Waals surface area contributed by atoms with E-state index in [4.69, 9.17) is 4.74 Å². The summed E-state index contributed by atoms with van der Waals surface area (Å²) in [7, 11) is 0. The number of benzene rings is 1. The number of amides is 1. The smallest absolute Gasteiger partial charge is 0.414 e. The van der Waals surface area contributed by atoms with Crippen LogP contribution in [0.4, 0.5) is 10.5 Å². The number of ether oxygens (including phenoxy) is 1. The molecule has 1 aromatic rings. The lowest BCUT2D eigenvalue weighted by atomic mass is 9.97. The molecule has 96 valence electrons. The van der Waals surface area contributed by atoms with Gasteiger partial charge in [-0.05, 0) is 36.4 Å². The number of hydrogen-bond acceptors (Lipinski definition) is 4. The van der Waals surface area contributed by atoms with Crippen LogP contribution in [0.2, 0.25) is 0 Å². The third-order valence-electron chi connectivity index (χ3n) is 3.54. The molecule has 1 unspecified atom stereocenters. The van der Waals surface area contributed by atoms with E-state index in [0.717, 1.165) is 30.0 Å². The van der Waals surface area contributed by atoms with E-state index in [2.05, 4.69) is 0 Å². The first-order valence-corrected chi connectivity index (χ1v) is 7.21. The van der Waals surface area contributed by atoms with Gasteiger partial charge in [-0.15, -0.1) is 0 Å². The zero-order chi connectivity index (χ0) is 12.6. The van der Waals surface area contributed by atoms with Crippen LogP contribution in [0, 0.1) is 0 Å². The van der Waals surface area contributed by atoms with Crippen molar-refractivity contribution in [3.8, 4) is 5.75 Å². The molecular formula is C13H15NO3S. The molecule has 4 nitrogen and oxygen atoms in total. The molecule has 1 aromatic carbocycles. The number of hydrogen-bond donors (Lipinski definition) is 1. The summed E-state index contributed by atoms with van der Waals surface area (Å²) >= 11 is 1.85. The summed E-state index contributed by atoms with van der Waals surface area (Å²) in [6, 6.07) is 6.63. The van der Waals surface area contributed by atoms with Crippen molar-refractivity contribution in [3.63, 3.8) is 0 Å². The van der Waals surface area contributed by atoms with Crippen molar-refractivity contribution in [2.45, 2.75) is 18.4 Å².